The topological polar surface area (TPSA) is 0 Å². The van der Waals surface area contributed by atoms with Crippen molar-refractivity contribution in [1.82, 2.24) is 0 Å². The molecule has 0 N–H and O–H groups in total. The fourth-order valence-corrected chi connectivity index (χ4v) is 6.81. The van der Waals surface area contributed by atoms with Gasteiger partial charge in [-0.25, -0.2) is 0 Å². The lowest BCUT2D eigenvalue weighted by molar-refractivity contribution is 1.00. The van der Waals surface area contributed by atoms with E-state index in [2.05, 4.69) is 79.3 Å². The van der Waals surface area contributed by atoms with Crippen molar-refractivity contribution in [1.29, 1.82) is 0 Å². The number of hydrogen-bond donors (Lipinski definition) is 0. The molecule has 2 heteroatoms. The van der Waals surface area contributed by atoms with E-state index in [9.17, 15) is 0 Å². The van der Waals surface area contributed by atoms with E-state index >= 15 is 0 Å². The van der Waals surface area contributed by atoms with Gasteiger partial charge in [0.05, 0.1) is 0 Å². The second-order valence-electron chi connectivity index (χ2n) is 5.26. The van der Waals surface area contributed by atoms with Gasteiger partial charge in [0, 0.05) is 0 Å². The number of thioether (sulfide) groups is 1. The molecule has 0 unspecified atom stereocenters. The van der Waals surface area contributed by atoms with Crippen molar-refractivity contribution >= 4 is 30.3 Å². The standard InChI is InChI=1S/C18H21PS/c1-2-20-14-15-13-18(15)19(16-9-5-3-6-10-16)17-11-7-4-8-12-17/h3-12,15,18H,2,13-14H2,1H3/t15-,18-/m1/s1. The van der Waals surface area contributed by atoms with Crippen molar-refractivity contribution < 1.29 is 0 Å². The minimum Gasteiger partial charge on any atom is -0.162 e. The summed E-state index contributed by atoms with van der Waals surface area (Å²) in [5.41, 5.74) is 0.897. The van der Waals surface area contributed by atoms with Crippen molar-refractivity contribution in [3.63, 3.8) is 0 Å². The van der Waals surface area contributed by atoms with E-state index in [0.717, 1.165) is 11.6 Å². The predicted molar refractivity (Wildman–Crippen MR) is 94.0 cm³/mol. The molecule has 0 aromatic heterocycles. The van der Waals surface area contributed by atoms with Crippen molar-refractivity contribution in [2.24, 2.45) is 5.92 Å². The highest BCUT2D eigenvalue weighted by Gasteiger charge is 2.43. The second-order valence-corrected chi connectivity index (χ2v) is 9.02. The van der Waals surface area contributed by atoms with Gasteiger partial charge in [-0.1, -0.05) is 67.6 Å². The van der Waals surface area contributed by atoms with E-state index in [1.165, 1.54) is 17.9 Å². The molecule has 1 saturated carbocycles. The van der Waals surface area contributed by atoms with E-state index in [4.69, 9.17) is 0 Å². The first kappa shape index (κ1) is 14.2. The number of rotatable bonds is 6. The maximum absolute atomic E-state index is 2.32. The first-order valence-electron chi connectivity index (χ1n) is 7.37. The molecular weight excluding hydrogens is 279 g/mol. The molecule has 0 heterocycles. The molecule has 2 aromatic rings. The Morgan fingerprint density at radius 3 is 2.00 bits per heavy atom. The summed E-state index contributed by atoms with van der Waals surface area (Å²) in [4.78, 5) is 0. The minimum atomic E-state index is -0.168. The molecule has 3 rings (SSSR count). The molecule has 104 valence electrons. The molecule has 0 radical (unpaired) electrons. The number of benzene rings is 2. The summed E-state index contributed by atoms with van der Waals surface area (Å²) in [6, 6.07) is 22.3. The average molecular weight is 300 g/mol. The molecule has 0 aliphatic heterocycles. The molecule has 2 atom stereocenters. The van der Waals surface area contributed by atoms with Gasteiger partial charge < -0.3 is 0 Å². The normalized spacial score (nSPS) is 21.1. The van der Waals surface area contributed by atoms with Gasteiger partial charge in [-0.3, -0.25) is 0 Å². The zero-order valence-electron chi connectivity index (χ0n) is 11.9. The largest absolute Gasteiger partial charge is 0.162 e. The molecule has 0 saturated heterocycles. The highest BCUT2D eigenvalue weighted by atomic mass is 32.2. The molecule has 20 heavy (non-hydrogen) atoms. The fourth-order valence-electron chi connectivity index (χ4n) is 2.71. The maximum Gasteiger partial charge on any atom is -0.00328 e. The van der Waals surface area contributed by atoms with Crippen molar-refractivity contribution in [2.75, 3.05) is 11.5 Å². The Bertz CT molecular complexity index is 486. The summed E-state index contributed by atoms with van der Waals surface area (Å²) >= 11 is 2.10. The molecule has 1 aliphatic rings. The van der Waals surface area contributed by atoms with E-state index in [-0.39, 0.29) is 7.92 Å². The molecule has 0 amide bonds. The molecule has 1 fully saturated rings. The van der Waals surface area contributed by atoms with Crippen molar-refractivity contribution in [3.8, 4) is 0 Å². The van der Waals surface area contributed by atoms with Crippen LogP contribution < -0.4 is 10.6 Å². The third-order valence-electron chi connectivity index (χ3n) is 3.82. The van der Waals surface area contributed by atoms with Gasteiger partial charge in [0.15, 0.2) is 0 Å². The summed E-state index contributed by atoms with van der Waals surface area (Å²) in [6.45, 7) is 2.26. The van der Waals surface area contributed by atoms with E-state index in [0.29, 0.717) is 0 Å². The zero-order chi connectivity index (χ0) is 13.8. The van der Waals surface area contributed by atoms with Crippen LogP contribution in [0.2, 0.25) is 0 Å². The van der Waals surface area contributed by atoms with Crippen LogP contribution in [0, 0.1) is 5.92 Å². The van der Waals surface area contributed by atoms with Crippen LogP contribution in [0.5, 0.6) is 0 Å². The molecule has 0 bridgehead atoms. The second kappa shape index (κ2) is 6.78. The van der Waals surface area contributed by atoms with Crippen LogP contribution >= 0.6 is 19.7 Å². The van der Waals surface area contributed by atoms with Crippen LogP contribution in [0.25, 0.3) is 0 Å². The predicted octanol–water partition coefficient (Wildman–Crippen LogP) is 4.26. The average Bonchev–Trinajstić information content (AvgIpc) is 3.27. The summed E-state index contributed by atoms with van der Waals surface area (Å²) in [7, 11) is -0.168. The van der Waals surface area contributed by atoms with Gasteiger partial charge in [0.1, 0.15) is 0 Å². The van der Waals surface area contributed by atoms with Gasteiger partial charge in [-0.15, -0.1) is 0 Å². The van der Waals surface area contributed by atoms with Crippen LogP contribution in [-0.2, 0) is 0 Å². The Morgan fingerprint density at radius 1 is 0.950 bits per heavy atom. The quantitative estimate of drug-likeness (QED) is 0.718. The van der Waals surface area contributed by atoms with E-state index < -0.39 is 0 Å². The summed E-state index contributed by atoms with van der Waals surface area (Å²) in [5, 5.41) is 3.09. The lowest BCUT2D eigenvalue weighted by Crippen LogP contribution is -2.15. The van der Waals surface area contributed by atoms with E-state index in [1.54, 1.807) is 10.6 Å². The highest BCUT2D eigenvalue weighted by molar-refractivity contribution is 7.99. The van der Waals surface area contributed by atoms with Gasteiger partial charge >= 0.3 is 0 Å². The fraction of sp³-hybridized carbons (Fsp3) is 0.333. The SMILES string of the molecule is CCSC[C@H]1C[C@H]1P(c1ccccc1)c1ccccc1. The van der Waals surface area contributed by atoms with Crippen molar-refractivity contribution in [3.05, 3.63) is 60.7 Å². The third kappa shape index (κ3) is 3.27. The molecule has 1 aliphatic carbocycles. The Labute approximate surface area is 127 Å². The maximum atomic E-state index is 2.32. The van der Waals surface area contributed by atoms with Crippen LogP contribution in [0.1, 0.15) is 13.3 Å². The number of hydrogen-bond acceptors (Lipinski definition) is 1. The summed E-state index contributed by atoms with van der Waals surface area (Å²) in [5.74, 6) is 3.53. The van der Waals surface area contributed by atoms with Gasteiger partial charge in [-0.2, -0.15) is 11.8 Å². The Kier molecular flexibility index (Phi) is 4.81. The molecule has 2 aromatic carbocycles. The van der Waals surface area contributed by atoms with Gasteiger partial charge in [0.25, 0.3) is 0 Å². The molecule has 0 nitrogen and oxygen atoms in total. The third-order valence-corrected chi connectivity index (χ3v) is 7.90. The zero-order valence-corrected chi connectivity index (χ0v) is 13.6. The Balaban J connectivity index is 1.83. The van der Waals surface area contributed by atoms with Gasteiger partial charge in [0.2, 0.25) is 0 Å². The van der Waals surface area contributed by atoms with Crippen LogP contribution in [0.3, 0.4) is 0 Å². The van der Waals surface area contributed by atoms with Crippen LogP contribution in [0.15, 0.2) is 60.7 Å². The lowest BCUT2D eigenvalue weighted by Gasteiger charge is -2.19. The first-order valence-corrected chi connectivity index (χ1v) is 9.93. The van der Waals surface area contributed by atoms with Gasteiger partial charge in [-0.05, 0) is 48.0 Å². The summed E-state index contributed by atoms with van der Waals surface area (Å²) in [6.07, 6.45) is 1.42. The molecular formula is C18H21PS. The Morgan fingerprint density at radius 2 is 1.50 bits per heavy atom. The van der Waals surface area contributed by atoms with Crippen LogP contribution in [-0.4, -0.2) is 17.2 Å². The van der Waals surface area contributed by atoms with Crippen LogP contribution in [0.4, 0.5) is 0 Å². The Hall–Kier alpha value is -0.780. The molecule has 0 spiro atoms. The van der Waals surface area contributed by atoms with E-state index in [1.807, 2.05) is 0 Å². The highest BCUT2D eigenvalue weighted by Crippen LogP contribution is 2.56. The first-order chi connectivity index (χ1) is 9.90. The smallest absolute Gasteiger partial charge is 0.00328 e. The summed E-state index contributed by atoms with van der Waals surface area (Å²) < 4.78 is 0. The van der Waals surface area contributed by atoms with Crippen molar-refractivity contribution in [2.45, 2.75) is 19.0 Å². The monoisotopic (exact) mass is 300 g/mol. The minimum absolute atomic E-state index is 0.168. The lowest BCUT2D eigenvalue weighted by atomic mass is 10.4.